The van der Waals surface area contributed by atoms with Crippen LogP contribution in [0.5, 0.6) is 17.2 Å². The zero-order valence-corrected chi connectivity index (χ0v) is 16.5. The van der Waals surface area contributed by atoms with Crippen LogP contribution in [0, 0.1) is 6.92 Å². The van der Waals surface area contributed by atoms with Crippen molar-refractivity contribution in [1.82, 2.24) is 5.43 Å². The standard InChI is InChI=1S/C18H20ClN3O3S/c1-11-14(19)6-5-7-15(11)21-18(26)22-20-10-13-16(24-3)8-12(23-2)9-17(13)25-4/h5-10H,1-4H3,(H2,21,22,26)/b20-10-. The summed E-state index contributed by atoms with van der Waals surface area (Å²) in [5.41, 5.74) is 5.13. The molecular weight excluding hydrogens is 374 g/mol. The van der Waals surface area contributed by atoms with Crippen LogP contribution in [0.15, 0.2) is 35.4 Å². The number of halogens is 1. The van der Waals surface area contributed by atoms with Gasteiger partial charge in [0.25, 0.3) is 0 Å². The Hall–Kier alpha value is -2.51. The first-order valence-electron chi connectivity index (χ1n) is 7.65. The van der Waals surface area contributed by atoms with E-state index in [1.54, 1.807) is 39.7 Å². The Morgan fingerprint density at radius 1 is 1.12 bits per heavy atom. The number of hydrogen-bond donors (Lipinski definition) is 2. The topological polar surface area (TPSA) is 64.1 Å². The van der Waals surface area contributed by atoms with Crippen LogP contribution in [0.2, 0.25) is 5.02 Å². The highest BCUT2D eigenvalue weighted by molar-refractivity contribution is 7.80. The molecule has 0 aromatic heterocycles. The molecule has 2 aromatic carbocycles. The third-order valence-corrected chi connectivity index (χ3v) is 4.23. The van der Waals surface area contributed by atoms with Crippen LogP contribution in [0.25, 0.3) is 0 Å². The molecule has 0 bridgehead atoms. The molecule has 2 aromatic rings. The molecule has 8 heteroatoms. The van der Waals surface area contributed by atoms with E-state index >= 15 is 0 Å². The van der Waals surface area contributed by atoms with Crippen molar-refractivity contribution >= 4 is 40.8 Å². The molecule has 0 fully saturated rings. The van der Waals surface area contributed by atoms with Crippen molar-refractivity contribution in [3.05, 3.63) is 46.5 Å². The number of nitrogens with zero attached hydrogens (tertiary/aromatic N) is 1. The van der Waals surface area contributed by atoms with Crippen molar-refractivity contribution in [3.8, 4) is 17.2 Å². The van der Waals surface area contributed by atoms with E-state index in [-0.39, 0.29) is 0 Å². The van der Waals surface area contributed by atoms with Crippen LogP contribution < -0.4 is 25.0 Å². The highest BCUT2D eigenvalue weighted by atomic mass is 35.5. The summed E-state index contributed by atoms with van der Waals surface area (Å²) in [6, 6.07) is 9.04. The summed E-state index contributed by atoms with van der Waals surface area (Å²) in [7, 11) is 4.70. The first-order valence-corrected chi connectivity index (χ1v) is 8.44. The fourth-order valence-corrected chi connectivity index (χ4v) is 2.55. The summed E-state index contributed by atoms with van der Waals surface area (Å²) < 4.78 is 16.0. The van der Waals surface area contributed by atoms with Gasteiger partial charge in [0.1, 0.15) is 17.2 Å². The largest absolute Gasteiger partial charge is 0.496 e. The van der Waals surface area contributed by atoms with E-state index in [4.69, 9.17) is 38.0 Å². The molecule has 0 aliphatic carbocycles. The van der Waals surface area contributed by atoms with E-state index in [9.17, 15) is 0 Å². The number of methoxy groups -OCH3 is 3. The van der Waals surface area contributed by atoms with E-state index in [0.717, 1.165) is 11.3 Å². The van der Waals surface area contributed by atoms with Crippen LogP contribution in [-0.2, 0) is 0 Å². The lowest BCUT2D eigenvalue weighted by Crippen LogP contribution is -2.24. The van der Waals surface area contributed by atoms with Crippen molar-refractivity contribution in [2.24, 2.45) is 5.10 Å². The molecule has 2 rings (SSSR count). The van der Waals surface area contributed by atoms with Crippen LogP contribution in [0.3, 0.4) is 0 Å². The smallest absolute Gasteiger partial charge is 0.191 e. The molecule has 0 radical (unpaired) electrons. The summed E-state index contributed by atoms with van der Waals surface area (Å²) >= 11 is 11.4. The molecule has 0 amide bonds. The lowest BCUT2D eigenvalue weighted by molar-refractivity contribution is 0.374. The summed E-state index contributed by atoms with van der Waals surface area (Å²) in [5, 5.41) is 8.20. The maximum absolute atomic E-state index is 6.10. The minimum absolute atomic E-state index is 0.332. The fourth-order valence-electron chi connectivity index (χ4n) is 2.21. The van der Waals surface area contributed by atoms with Crippen LogP contribution >= 0.6 is 23.8 Å². The average Bonchev–Trinajstić information content (AvgIpc) is 2.65. The molecule has 0 saturated heterocycles. The van der Waals surface area contributed by atoms with Gasteiger partial charge in [-0.15, -0.1) is 0 Å². The lowest BCUT2D eigenvalue weighted by Gasteiger charge is -2.13. The van der Waals surface area contributed by atoms with E-state index in [1.807, 2.05) is 25.1 Å². The van der Waals surface area contributed by atoms with E-state index < -0.39 is 0 Å². The van der Waals surface area contributed by atoms with E-state index in [0.29, 0.717) is 32.9 Å². The van der Waals surface area contributed by atoms with Gasteiger partial charge in [-0.05, 0) is 36.8 Å². The Morgan fingerprint density at radius 2 is 1.77 bits per heavy atom. The normalized spacial score (nSPS) is 10.5. The lowest BCUT2D eigenvalue weighted by atomic mass is 10.2. The first-order chi connectivity index (χ1) is 12.5. The molecule has 0 atom stereocenters. The zero-order chi connectivity index (χ0) is 19.1. The number of hydrogen-bond acceptors (Lipinski definition) is 5. The predicted octanol–water partition coefficient (Wildman–Crippen LogP) is 3.99. The molecule has 138 valence electrons. The third-order valence-electron chi connectivity index (χ3n) is 3.63. The number of anilines is 1. The Labute approximate surface area is 163 Å². The van der Waals surface area contributed by atoms with Gasteiger partial charge >= 0.3 is 0 Å². The fraction of sp³-hybridized carbons (Fsp3) is 0.222. The minimum Gasteiger partial charge on any atom is -0.496 e. The monoisotopic (exact) mass is 393 g/mol. The Balaban J connectivity index is 2.12. The molecule has 0 aliphatic heterocycles. The Morgan fingerprint density at radius 3 is 2.35 bits per heavy atom. The molecule has 0 unspecified atom stereocenters. The van der Waals surface area contributed by atoms with Gasteiger partial charge < -0.3 is 19.5 Å². The second-order valence-electron chi connectivity index (χ2n) is 5.18. The maximum Gasteiger partial charge on any atom is 0.191 e. The minimum atomic E-state index is 0.332. The van der Waals surface area contributed by atoms with Crippen molar-refractivity contribution in [2.45, 2.75) is 6.92 Å². The summed E-state index contributed by atoms with van der Waals surface area (Å²) in [6.07, 6.45) is 1.57. The number of hydrazone groups is 1. The quantitative estimate of drug-likeness (QED) is 0.439. The predicted molar refractivity (Wildman–Crippen MR) is 109 cm³/mol. The van der Waals surface area contributed by atoms with Gasteiger partial charge in [0.05, 0.1) is 33.1 Å². The number of thiocarbonyl (C=S) groups is 1. The van der Waals surface area contributed by atoms with Gasteiger partial charge in [-0.25, -0.2) is 0 Å². The third kappa shape index (κ3) is 4.77. The molecule has 6 nitrogen and oxygen atoms in total. The molecule has 2 N–H and O–H groups in total. The number of rotatable bonds is 6. The first kappa shape index (κ1) is 19.8. The molecule has 26 heavy (non-hydrogen) atoms. The number of ether oxygens (including phenoxy) is 3. The van der Waals surface area contributed by atoms with Gasteiger partial charge in [-0.2, -0.15) is 5.10 Å². The second-order valence-corrected chi connectivity index (χ2v) is 6.00. The van der Waals surface area contributed by atoms with Crippen LogP contribution in [-0.4, -0.2) is 32.7 Å². The average molecular weight is 394 g/mol. The Bertz CT molecular complexity index is 802. The van der Waals surface area contributed by atoms with Gasteiger partial charge in [-0.3, -0.25) is 5.43 Å². The zero-order valence-electron chi connectivity index (χ0n) is 14.9. The number of nitrogens with one attached hydrogen (secondary N) is 2. The van der Waals surface area contributed by atoms with E-state index in [2.05, 4.69) is 15.8 Å². The second kappa shape index (κ2) is 9.26. The van der Waals surface area contributed by atoms with Gasteiger partial charge in [-0.1, -0.05) is 17.7 Å². The molecule has 0 heterocycles. The highest BCUT2D eigenvalue weighted by Crippen LogP contribution is 2.32. The molecule has 0 saturated carbocycles. The van der Waals surface area contributed by atoms with Gasteiger partial charge in [0.2, 0.25) is 0 Å². The van der Waals surface area contributed by atoms with Crippen molar-refractivity contribution in [3.63, 3.8) is 0 Å². The highest BCUT2D eigenvalue weighted by Gasteiger charge is 2.11. The summed E-state index contributed by atoms with van der Waals surface area (Å²) in [4.78, 5) is 0. The molecule has 0 spiro atoms. The van der Waals surface area contributed by atoms with E-state index in [1.165, 1.54) is 0 Å². The summed E-state index contributed by atoms with van der Waals surface area (Å²) in [6.45, 7) is 1.91. The number of benzene rings is 2. The van der Waals surface area contributed by atoms with Crippen molar-refractivity contribution in [2.75, 3.05) is 26.6 Å². The van der Waals surface area contributed by atoms with Gasteiger partial charge in [0, 0.05) is 22.8 Å². The van der Waals surface area contributed by atoms with Crippen molar-refractivity contribution in [1.29, 1.82) is 0 Å². The van der Waals surface area contributed by atoms with Crippen LogP contribution in [0.4, 0.5) is 5.69 Å². The summed E-state index contributed by atoms with van der Waals surface area (Å²) in [5.74, 6) is 1.75. The van der Waals surface area contributed by atoms with Crippen molar-refractivity contribution < 1.29 is 14.2 Å². The van der Waals surface area contributed by atoms with Crippen LogP contribution in [0.1, 0.15) is 11.1 Å². The molecular formula is C18H20ClN3O3S. The SMILES string of the molecule is COc1cc(OC)c(/C=N\NC(=S)Nc2cccc(Cl)c2C)c(OC)c1. The Kier molecular flexibility index (Phi) is 7.06. The molecule has 0 aliphatic rings. The maximum atomic E-state index is 6.10. The van der Waals surface area contributed by atoms with Gasteiger partial charge in [0.15, 0.2) is 5.11 Å².